The van der Waals surface area contributed by atoms with E-state index in [4.69, 9.17) is 11.6 Å². The van der Waals surface area contributed by atoms with Gasteiger partial charge in [-0.2, -0.15) is 15.4 Å². The molecule has 8 heteroatoms. The maximum absolute atomic E-state index is 12.1. The van der Waals surface area contributed by atoms with Gasteiger partial charge >= 0.3 is 0 Å². The van der Waals surface area contributed by atoms with Crippen molar-refractivity contribution in [1.82, 2.24) is 20.3 Å². The van der Waals surface area contributed by atoms with E-state index in [0.29, 0.717) is 0 Å². The normalized spacial score (nSPS) is 10.7. The Balaban J connectivity index is 2.67. The maximum atomic E-state index is 12.1. The summed E-state index contributed by atoms with van der Waals surface area (Å²) in [4.78, 5) is 12.5. The van der Waals surface area contributed by atoms with Crippen LogP contribution in [0, 0.1) is 0 Å². The zero-order chi connectivity index (χ0) is 11.3. The van der Waals surface area contributed by atoms with Crippen LogP contribution in [0.2, 0.25) is 0 Å². The first kappa shape index (κ1) is 11.8. The van der Waals surface area contributed by atoms with E-state index in [9.17, 15) is 13.6 Å². The molecule has 1 aromatic rings. The summed E-state index contributed by atoms with van der Waals surface area (Å²) in [6.07, 6.45) is -1.42. The number of aromatic amines is 1. The van der Waals surface area contributed by atoms with Crippen molar-refractivity contribution in [2.75, 3.05) is 19.0 Å². The second kappa shape index (κ2) is 5.59. The lowest BCUT2D eigenvalue weighted by Gasteiger charge is -2.19. The standard InChI is InChI=1S/C7H9ClF2N4O/c8-1-2-14(4-6(9)10)7(15)5-3-11-13-12-5/h3,6H,1-2,4H2,(H,11,12,13). The van der Waals surface area contributed by atoms with Crippen LogP contribution in [0.1, 0.15) is 10.5 Å². The lowest BCUT2D eigenvalue weighted by molar-refractivity contribution is 0.0566. The number of H-pyrrole nitrogens is 1. The predicted molar refractivity (Wildman–Crippen MR) is 49.0 cm³/mol. The average Bonchev–Trinajstić information content (AvgIpc) is 2.68. The van der Waals surface area contributed by atoms with Crippen LogP contribution in [-0.2, 0) is 0 Å². The summed E-state index contributed by atoms with van der Waals surface area (Å²) in [5, 5.41) is 9.17. The predicted octanol–water partition coefficient (Wildman–Crippen LogP) is 0.751. The minimum absolute atomic E-state index is 0.000710. The quantitative estimate of drug-likeness (QED) is 0.770. The monoisotopic (exact) mass is 238 g/mol. The van der Waals surface area contributed by atoms with Gasteiger partial charge in [0, 0.05) is 12.4 Å². The van der Waals surface area contributed by atoms with Gasteiger partial charge in [0.15, 0.2) is 5.69 Å². The molecule has 0 bridgehead atoms. The summed E-state index contributed by atoms with van der Waals surface area (Å²) in [5.74, 6) is -0.513. The molecule has 0 aliphatic heterocycles. The van der Waals surface area contributed by atoms with Gasteiger partial charge in [0.25, 0.3) is 12.3 Å². The molecule has 0 unspecified atom stereocenters. The van der Waals surface area contributed by atoms with Gasteiger partial charge in [-0.3, -0.25) is 4.79 Å². The number of carbonyl (C=O) groups is 1. The molecule has 0 saturated carbocycles. The second-order valence-electron chi connectivity index (χ2n) is 2.69. The van der Waals surface area contributed by atoms with Crippen LogP contribution in [0.3, 0.4) is 0 Å². The molecule has 0 radical (unpaired) electrons. The van der Waals surface area contributed by atoms with E-state index in [0.717, 1.165) is 4.90 Å². The SMILES string of the molecule is O=C(c1cn[nH]n1)N(CCCl)CC(F)F. The largest absolute Gasteiger partial charge is 0.330 e. The summed E-state index contributed by atoms with van der Waals surface area (Å²) < 4.78 is 24.3. The molecule has 1 aromatic heterocycles. The van der Waals surface area contributed by atoms with Crippen LogP contribution < -0.4 is 0 Å². The Hall–Kier alpha value is -1.24. The van der Waals surface area contributed by atoms with Crippen LogP contribution in [0.25, 0.3) is 0 Å². The molecule has 1 rings (SSSR count). The molecule has 0 aliphatic rings. The number of alkyl halides is 3. The lowest BCUT2D eigenvalue weighted by atomic mass is 10.3. The highest BCUT2D eigenvalue weighted by Crippen LogP contribution is 2.04. The molecule has 0 aromatic carbocycles. The van der Waals surface area contributed by atoms with E-state index in [2.05, 4.69) is 15.4 Å². The number of aromatic nitrogens is 3. The van der Waals surface area contributed by atoms with Crippen molar-refractivity contribution >= 4 is 17.5 Å². The molecule has 15 heavy (non-hydrogen) atoms. The molecular weight excluding hydrogens is 230 g/mol. The molecule has 5 nitrogen and oxygen atoms in total. The van der Waals surface area contributed by atoms with Crippen LogP contribution in [0.4, 0.5) is 8.78 Å². The Morgan fingerprint density at radius 3 is 2.87 bits per heavy atom. The Morgan fingerprint density at radius 2 is 2.40 bits per heavy atom. The van der Waals surface area contributed by atoms with Crippen molar-refractivity contribution in [3.8, 4) is 0 Å². The van der Waals surface area contributed by atoms with E-state index in [1.807, 2.05) is 0 Å². The van der Waals surface area contributed by atoms with Gasteiger partial charge in [-0.15, -0.1) is 11.6 Å². The van der Waals surface area contributed by atoms with Crippen LogP contribution in [0.5, 0.6) is 0 Å². The summed E-state index contributed by atoms with van der Waals surface area (Å²) in [7, 11) is 0. The first-order valence-corrected chi connectivity index (χ1v) is 4.67. The van der Waals surface area contributed by atoms with Crippen molar-refractivity contribution in [1.29, 1.82) is 0 Å². The smallest absolute Gasteiger partial charge is 0.276 e. The first-order valence-electron chi connectivity index (χ1n) is 4.14. The van der Waals surface area contributed by atoms with Crippen molar-refractivity contribution in [3.05, 3.63) is 11.9 Å². The zero-order valence-corrected chi connectivity index (χ0v) is 8.42. The van der Waals surface area contributed by atoms with Gasteiger partial charge in [-0.05, 0) is 0 Å². The second-order valence-corrected chi connectivity index (χ2v) is 3.06. The van der Waals surface area contributed by atoms with Gasteiger partial charge in [0.2, 0.25) is 0 Å². The number of hydrogen-bond acceptors (Lipinski definition) is 3. The number of rotatable bonds is 5. The number of nitrogens with one attached hydrogen (secondary N) is 1. The van der Waals surface area contributed by atoms with Gasteiger partial charge in [-0.25, -0.2) is 8.78 Å². The highest BCUT2D eigenvalue weighted by atomic mass is 35.5. The number of halogens is 3. The number of carbonyl (C=O) groups excluding carboxylic acids is 1. The third kappa shape index (κ3) is 3.43. The molecular formula is C7H9ClF2N4O. The summed E-state index contributed by atoms with van der Waals surface area (Å²) in [6, 6.07) is 0. The van der Waals surface area contributed by atoms with E-state index < -0.39 is 18.9 Å². The molecule has 0 fully saturated rings. The van der Waals surface area contributed by atoms with Crippen molar-refractivity contribution < 1.29 is 13.6 Å². The van der Waals surface area contributed by atoms with Crippen LogP contribution in [0.15, 0.2) is 6.20 Å². The molecule has 0 atom stereocenters. The van der Waals surface area contributed by atoms with Crippen molar-refractivity contribution in [2.45, 2.75) is 6.43 Å². The highest BCUT2D eigenvalue weighted by Gasteiger charge is 2.20. The Bertz CT molecular complexity index is 306. The summed E-state index contributed by atoms with van der Waals surface area (Å²) >= 11 is 5.40. The minimum atomic E-state index is -2.59. The summed E-state index contributed by atoms with van der Waals surface area (Å²) in [5.41, 5.74) is 0.000710. The number of nitrogens with zero attached hydrogens (tertiary/aromatic N) is 3. The number of hydrogen-bond donors (Lipinski definition) is 1. The Labute approximate surface area is 89.4 Å². The van der Waals surface area contributed by atoms with Crippen molar-refractivity contribution in [3.63, 3.8) is 0 Å². The zero-order valence-electron chi connectivity index (χ0n) is 7.66. The van der Waals surface area contributed by atoms with E-state index in [1.165, 1.54) is 6.20 Å². The molecule has 1 amide bonds. The highest BCUT2D eigenvalue weighted by molar-refractivity contribution is 6.18. The third-order valence-electron chi connectivity index (χ3n) is 1.63. The Kier molecular flexibility index (Phi) is 4.41. The maximum Gasteiger partial charge on any atom is 0.276 e. The van der Waals surface area contributed by atoms with Gasteiger partial charge < -0.3 is 4.90 Å². The van der Waals surface area contributed by atoms with E-state index >= 15 is 0 Å². The lowest BCUT2D eigenvalue weighted by Crippen LogP contribution is -2.36. The van der Waals surface area contributed by atoms with E-state index in [1.54, 1.807) is 0 Å². The molecule has 1 N–H and O–H groups in total. The van der Waals surface area contributed by atoms with Crippen molar-refractivity contribution in [2.24, 2.45) is 0 Å². The van der Waals surface area contributed by atoms with Gasteiger partial charge in [0.05, 0.1) is 12.7 Å². The van der Waals surface area contributed by atoms with E-state index in [-0.39, 0.29) is 18.1 Å². The fraction of sp³-hybridized carbons (Fsp3) is 0.571. The Morgan fingerprint density at radius 1 is 1.67 bits per heavy atom. The minimum Gasteiger partial charge on any atom is -0.330 e. The molecule has 0 spiro atoms. The van der Waals surface area contributed by atoms with Crippen LogP contribution >= 0.6 is 11.6 Å². The summed E-state index contributed by atoms with van der Waals surface area (Å²) in [6.45, 7) is -0.601. The van der Waals surface area contributed by atoms with Gasteiger partial charge in [0.1, 0.15) is 0 Å². The van der Waals surface area contributed by atoms with Gasteiger partial charge in [-0.1, -0.05) is 0 Å². The fourth-order valence-corrected chi connectivity index (χ4v) is 1.22. The third-order valence-corrected chi connectivity index (χ3v) is 1.80. The molecule has 0 saturated heterocycles. The fourth-order valence-electron chi connectivity index (χ4n) is 1.01. The molecule has 1 heterocycles. The average molecular weight is 239 g/mol. The first-order chi connectivity index (χ1) is 7.15. The topological polar surface area (TPSA) is 61.9 Å². The molecule has 84 valence electrons. The number of amides is 1. The molecule has 0 aliphatic carbocycles. The van der Waals surface area contributed by atoms with Crippen LogP contribution in [-0.4, -0.2) is 51.6 Å².